The molecule has 0 amide bonds. The number of nitrogens with two attached hydrogens (primary N) is 1. The van der Waals surface area contributed by atoms with E-state index in [4.69, 9.17) is 10.8 Å². The van der Waals surface area contributed by atoms with Crippen molar-refractivity contribution in [2.45, 2.75) is 26.3 Å². The number of carboxylic acids is 1. The van der Waals surface area contributed by atoms with Gasteiger partial charge in [0.05, 0.1) is 6.04 Å². The van der Waals surface area contributed by atoms with Gasteiger partial charge in [-0.05, 0) is 12.3 Å². The second-order valence-electron chi connectivity index (χ2n) is 2.81. The van der Waals surface area contributed by atoms with Gasteiger partial charge in [0, 0.05) is 5.92 Å². The summed E-state index contributed by atoms with van der Waals surface area (Å²) < 4.78 is 0. The minimum atomic E-state index is -1.12. The molecule has 0 aliphatic carbocycles. The van der Waals surface area contributed by atoms with Gasteiger partial charge in [0.25, 0.3) is 0 Å². The Labute approximate surface area is 66.6 Å². The number of rotatable bonds is 2. The minimum absolute atomic E-state index is 0.314. The van der Waals surface area contributed by atoms with Crippen LogP contribution in [-0.4, -0.2) is 17.1 Å². The Morgan fingerprint density at radius 1 is 1.64 bits per heavy atom. The lowest BCUT2D eigenvalue weighted by Crippen LogP contribution is -2.19. The Bertz CT molecular complexity index is 188. The highest BCUT2D eigenvalue weighted by molar-refractivity contribution is 5.86. The van der Waals surface area contributed by atoms with E-state index < -0.39 is 5.97 Å². The lowest BCUT2D eigenvalue weighted by molar-refractivity contribution is -0.130. The van der Waals surface area contributed by atoms with E-state index >= 15 is 0 Å². The van der Waals surface area contributed by atoms with Crippen molar-refractivity contribution in [1.29, 1.82) is 0 Å². The minimum Gasteiger partial charge on any atom is -0.472 e. The summed E-state index contributed by atoms with van der Waals surface area (Å²) in [6.45, 7) is 4.03. The van der Waals surface area contributed by atoms with Crippen molar-refractivity contribution in [2.24, 2.45) is 11.7 Å². The molecule has 0 fully saturated rings. The third kappa shape index (κ3) is 6.88. The van der Waals surface area contributed by atoms with E-state index in [2.05, 4.69) is 5.92 Å². The molecule has 3 heteroatoms. The molecule has 1 atom stereocenters. The highest BCUT2D eigenvalue weighted by Crippen LogP contribution is 2.00. The van der Waals surface area contributed by atoms with Crippen LogP contribution in [0, 0.1) is 17.8 Å². The van der Waals surface area contributed by atoms with Gasteiger partial charge in [0.15, 0.2) is 0 Å². The van der Waals surface area contributed by atoms with Crippen LogP contribution in [0.15, 0.2) is 0 Å². The first-order valence-corrected chi connectivity index (χ1v) is 3.52. The van der Waals surface area contributed by atoms with E-state index in [1.54, 1.807) is 0 Å². The smallest absolute Gasteiger partial charge is 0.381 e. The highest BCUT2D eigenvalue weighted by atomic mass is 16.4. The van der Waals surface area contributed by atoms with Crippen LogP contribution in [0.25, 0.3) is 0 Å². The summed E-state index contributed by atoms with van der Waals surface area (Å²) in [6, 6.07) is -0.314. The summed E-state index contributed by atoms with van der Waals surface area (Å²) in [5.41, 5.74) is 5.49. The molecule has 0 aliphatic heterocycles. The van der Waals surface area contributed by atoms with Gasteiger partial charge in [-0.1, -0.05) is 19.8 Å². The van der Waals surface area contributed by atoms with Crippen LogP contribution >= 0.6 is 0 Å². The molecule has 0 rings (SSSR count). The van der Waals surface area contributed by atoms with Gasteiger partial charge >= 0.3 is 5.97 Å². The maximum atomic E-state index is 9.96. The quantitative estimate of drug-likeness (QED) is 0.569. The zero-order valence-corrected chi connectivity index (χ0v) is 6.79. The molecule has 0 saturated heterocycles. The van der Waals surface area contributed by atoms with Crippen molar-refractivity contribution in [3.05, 3.63) is 0 Å². The SMILES string of the molecule is CC(C)CC(N)C#CC(=O)O. The predicted molar refractivity (Wildman–Crippen MR) is 42.8 cm³/mol. The zero-order valence-electron chi connectivity index (χ0n) is 6.79. The Morgan fingerprint density at radius 3 is 2.55 bits per heavy atom. The van der Waals surface area contributed by atoms with E-state index in [-0.39, 0.29) is 6.04 Å². The largest absolute Gasteiger partial charge is 0.472 e. The Kier molecular flexibility index (Phi) is 4.32. The average molecular weight is 155 g/mol. The number of hydrogen-bond acceptors (Lipinski definition) is 2. The number of carbonyl (C=O) groups is 1. The van der Waals surface area contributed by atoms with Crippen molar-refractivity contribution in [3.8, 4) is 11.8 Å². The van der Waals surface area contributed by atoms with Crippen molar-refractivity contribution in [1.82, 2.24) is 0 Å². The van der Waals surface area contributed by atoms with Gasteiger partial charge in [0.1, 0.15) is 0 Å². The van der Waals surface area contributed by atoms with Crippen LogP contribution in [0.2, 0.25) is 0 Å². The molecular weight excluding hydrogens is 142 g/mol. The van der Waals surface area contributed by atoms with Crippen LogP contribution in [0.3, 0.4) is 0 Å². The fourth-order valence-corrected chi connectivity index (χ4v) is 0.721. The van der Waals surface area contributed by atoms with Crippen molar-refractivity contribution < 1.29 is 9.90 Å². The molecule has 0 radical (unpaired) electrons. The van der Waals surface area contributed by atoms with Crippen molar-refractivity contribution in [2.75, 3.05) is 0 Å². The van der Waals surface area contributed by atoms with Gasteiger partial charge in [-0.3, -0.25) is 0 Å². The van der Waals surface area contributed by atoms with Gasteiger partial charge in [0.2, 0.25) is 0 Å². The van der Waals surface area contributed by atoms with Gasteiger partial charge in [-0.25, -0.2) is 4.79 Å². The van der Waals surface area contributed by atoms with Crippen LogP contribution in [0.5, 0.6) is 0 Å². The molecule has 0 heterocycles. The molecule has 0 aromatic rings. The molecule has 11 heavy (non-hydrogen) atoms. The first-order valence-electron chi connectivity index (χ1n) is 3.52. The summed E-state index contributed by atoms with van der Waals surface area (Å²) in [6.07, 6.45) is 0.736. The third-order valence-electron chi connectivity index (χ3n) is 1.09. The number of carboxylic acid groups (broad SMARTS) is 1. The van der Waals surface area contributed by atoms with Gasteiger partial charge < -0.3 is 10.8 Å². The molecule has 0 saturated carbocycles. The zero-order chi connectivity index (χ0) is 8.85. The lowest BCUT2D eigenvalue weighted by atomic mass is 10.1. The van der Waals surface area contributed by atoms with Crippen LogP contribution in [0.4, 0.5) is 0 Å². The monoisotopic (exact) mass is 155 g/mol. The molecule has 1 unspecified atom stereocenters. The molecule has 3 N–H and O–H groups in total. The molecular formula is C8H13NO2. The van der Waals surface area contributed by atoms with E-state index in [0.29, 0.717) is 5.92 Å². The summed E-state index contributed by atoms with van der Waals surface area (Å²) in [7, 11) is 0. The fraction of sp³-hybridized carbons (Fsp3) is 0.625. The molecule has 0 aromatic carbocycles. The normalized spacial score (nSPS) is 12.0. The van der Waals surface area contributed by atoms with Crippen molar-refractivity contribution in [3.63, 3.8) is 0 Å². The summed E-state index contributed by atoms with van der Waals surface area (Å²) in [4.78, 5) is 9.96. The maximum absolute atomic E-state index is 9.96. The Hall–Kier alpha value is -1.01. The Balaban J connectivity index is 3.80. The topological polar surface area (TPSA) is 63.3 Å². The van der Waals surface area contributed by atoms with Crippen molar-refractivity contribution >= 4 is 5.97 Å². The molecule has 0 bridgehead atoms. The van der Waals surface area contributed by atoms with E-state index in [1.165, 1.54) is 0 Å². The van der Waals surface area contributed by atoms with Crippen LogP contribution in [-0.2, 0) is 4.79 Å². The lowest BCUT2D eigenvalue weighted by Gasteiger charge is -2.05. The molecule has 3 nitrogen and oxygen atoms in total. The van der Waals surface area contributed by atoms with E-state index in [1.807, 2.05) is 19.8 Å². The molecule has 0 aliphatic rings. The highest BCUT2D eigenvalue weighted by Gasteiger charge is 2.00. The molecule has 0 spiro atoms. The van der Waals surface area contributed by atoms with Crippen LogP contribution in [0.1, 0.15) is 20.3 Å². The summed E-state index contributed by atoms with van der Waals surface area (Å²) in [5.74, 6) is 3.76. The van der Waals surface area contributed by atoms with E-state index in [9.17, 15) is 4.79 Å². The second kappa shape index (κ2) is 4.75. The number of hydrogen-bond donors (Lipinski definition) is 2. The van der Waals surface area contributed by atoms with Gasteiger partial charge in [-0.15, -0.1) is 0 Å². The Morgan fingerprint density at radius 2 is 2.18 bits per heavy atom. The van der Waals surface area contributed by atoms with Gasteiger partial charge in [-0.2, -0.15) is 0 Å². The van der Waals surface area contributed by atoms with E-state index in [0.717, 1.165) is 6.42 Å². The summed E-state index contributed by atoms with van der Waals surface area (Å²) in [5, 5.41) is 8.17. The fourth-order valence-electron chi connectivity index (χ4n) is 0.721. The second-order valence-corrected chi connectivity index (χ2v) is 2.81. The average Bonchev–Trinajstić information content (AvgIpc) is 1.82. The van der Waals surface area contributed by atoms with Crippen LogP contribution < -0.4 is 5.73 Å². The standard InChI is InChI=1S/C8H13NO2/c1-6(2)5-7(9)3-4-8(10)11/h6-7H,5,9H2,1-2H3,(H,10,11). The molecule has 0 aromatic heterocycles. The first-order chi connectivity index (χ1) is 5.02. The molecule has 62 valence electrons. The summed E-state index contributed by atoms with van der Waals surface area (Å²) >= 11 is 0. The first kappa shape index (κ1) is 9.99. The maximum Gasteiger partial charge on any atom is 0.381 e. The third-order valence-corrected chi connectivity index (χ3v) is 1.09. The number of aliphatic carboxylic acids is 1. The predicted octanol–water partition coefficient (Wildman–Crippen LogP) is 0.448.